The molecule has 37 heavy (non-hydrogen) atoms. The van der Waals surface area contributed by atoms with Crippen molar-refractivity contribution in [3.63, 3.8) is 0 Å². The van der Waals surface area contributed by atoms with Crippen LogP contribution in [0.3, 0.4) is 0 Å². The summed E-state index contributed by atoms with van der Waals surface area (Å²) < 4.78 is 41.7. The average Bonchev–Trinajstić information content (AvgIpc) is 2.86. The van der Waals surface area contributed by atoms with Gasteiger partial charge in [0, 0.05) is 12.4 Å². The van der Waals surface area contributed by atoms with Crippen LogP contribution < -0.4 is 60.9 Å². The smallest absolute Gasteiger partial charge is 0.493 e. The number of hydrogen-bond donors (Lipinski definition) is 0. The summed E-state index contributed by atoms with van der Waals surface area (Å²) in [6, 6.07) is 14.9. The van der Waals surface area contributed by atoms with Gasteiger partial charge in [-0.2, -0.15) is 0 Å². The second-order valence-electron chi connectivity index (χ2n) is 8.66. The minimum Gasteiger partial charge on any atom is -0.493 e. The average molecular weight is 564 g/mol. The molecule has 4 aromatic rings. The standard InChI is InChI=1S/C25H23ClN5O4S.K/c1-25(2,3)16-10-12-17(13-11-16)36(32,33)31-22-20(35-19-9-6-5-8-18(19)34-4)21(26)29-24(30-22)23-27-14-7-15-28-23;/h5-15H,1-4H3;/q-1;+1. The number of para-hydroxylation sites is 2. The number of methoxy groups -OCH3 is 1. The van der Waals surface area contributed by atoms with Gasteiger partial charge in [0.2, 0.25) is 10.0 Å². The van der Waals surface area contributed by atoms with Crippen molar-refractivity contribution in [3.05, 3.63) is 82.4 Å². The first-order valence-corrected chi connectivity index (χ1v) is 12.6. The zero-order valence-corrected chi connectivity index (χ0v) is 25.7. The zero-order chi connectivity index (χ0) is 25.9. The summed E-state index contributed by atoms with van der Waals surface area (Å²) in [6.45, 7) is 6.12. The summed E-state index contributed by atoms with van der Waals surface area (Å²) in [7, 11) is -2.72. The Morgan fingerprint density at radius 1 is 0.865 bits per heavy atom. The van der Waals surface area contributed by atoms with Gasteiger partial charge < -0.3 is 19.2 Å². The van der Waals surface area contributed by atoms with E-state index in [1.807, 2.05) is 20.8 Å². The van der Waals surface area contributed by atoms with E-state index < -0.39 is 10.0 Å². The number of benzene rings is 2. The maximum atomic E-state index is 13.3. The third-order valence-corrected chi connectivity index (χ3v) is 6.62. The van der Waals surface area contributed by atoms with Crippen molar-refractivity contribution in [2.45, 2.75) is 31.1 Å². The fourth-order valence-electron chi connectivity index (χ4n) is 3.18. The fraction of sp³-hybridized carbons (Fsp3) is 0.200. The Hall–Kier alpha value is -2.12. The molecule has 0 N–H and O–H groups in total. The summed E-state index contributed by atoms with van der Waals surface area (Å²) >= 11 is 6.45. The van der Waals surface area contributed by atoms with E-state index in [4.69, 9.17) is 21.1 Å². The van der Waals surface area contributed by atoms with Crippen molar-refractivity contribution in [1.82, 2.24) is 19.9 Å². The van der Waals surface area contributed by atoms with Crippen molar-refractivity contribution in [2.75, 3.05) is 7.11 Å². The number of aromatic nitrogens is 4. The normalized spacial score (nSPS) is 11.4. The monoisotopic (exact) mass is 563 g/mol. The Balaban J connectivity index is 0.00000380. The van der Waals surface area contributed by atoms with Gasteiger partial charge in [0.15, 0.2) is 28.2 Å². The Morgan fingerprint density at radius 2 is 1.49 bits per heavy atom. The van der Waals surface area contributed by atoms with Crippen LogP contribution in [-0.2, 0) is 15.4 Å². The number of nitrogens with zero attached hydrogens (tertiary/aromatic N) is 5. The van der Waals surface area contributed by atoms with Crippen molar-refractivity contribution in [1.29, 1.82) is 0 Å². The number of sulfonamides is 1. The van der Waals surface area contributed by atoms with E-state index in [1.54, 1.807) is 42.5 Å². The van der Waals surface area contributed by atoms with Gasteiger partial charge in [-0.1, -0.05) is 56.6 Å². The third kappa shape index (κ3) is 7.05. The molecule has 0 saturated carbocycles. The van der Waals surface area contributed by atoms with E-state index >= 15 is 0 Å². The summed E-state index contributed by atoms with van der Waals surface area (Å²) in [5, 5.41) is -0.171. The molecule has 0 radical (unpaired) electrons. The first-order valence-electron chi connectivity index (χ1n) is 10.8. The molecule has 2 aromatic heterocycles. The van der Waals surface area contributed by atoms with Gasteiger partial charge in [0.1, 0.15) is 0 Å². The van der Waals surface area contributed by atoms with Crippen LogP contribution in [0.2, 0.25) is 5.15 Å². The molecule has 0 fully saturated rings. The Bertz CT molecular complexity index is 1480. The molecule has 0 unspecified atom stereocenters. The molecular weight excluding hydrogens is 541 g/mol. The van der Waals surface area contributed by atoms with Gasteiger partial charge in [-0.05, 0) is 47.1 Å². The molecule has 0 spiro atoms. The molecule has 0 saturated heterocycles. The second kappa shape index (κ2) is 12.2. The van der Waals surface area contributed by atoms with Crippen LogP contribution in [0.25, 0.3) is 16.4 Å². The molecule has 4 rings (SSSR count). The maximum absolute atomic E-state index is 13.3. The summed E-state index contributed by atoms with van der Waals surface area (Å²) in [4.78, 5) is 16.7. The van der Waals surface area contributed by atoms with E-state index in [9.17, 15) is 8.42 Å². The summed E-state index contributed by atoms with van der Waals surface area (Å²) in [5.74, 6) is 0.351. The van der Waals surface area contributed by atoms with Gasteiger partial charge in [0.05, 0.1) is 17.8 Å². The van der Waals surface area contributed by atoms with Crippen LogP contribution in [0, 0.1) is 0 Å². The molecule has 0 aliphatic heterocycles. The third-order valence-electron chi connectivity index (χ3n) is 5.08. The number of rotatable bonds is 7. The molecule has 0 atom stereocenters. The molecule has 2 aromatic carbocycles. The van der Waals surface area contributed by atoms with Crippen LogP contribution in [-0.4, -0.2) is 35.5 Å². The molecule has 0 aliphatic rings. The first kappa shape index (κ1) is 29.4. The van der Waals surface area contributed by atoms with Gasteiger partial charge in [-0.15, -0.1) is 0 Å². The van der Waals surface area contributed by atoms with Gasteiger partial charge in [-0.3, -0.25) is 0 Å². The van der Waals surface area contributed by atoms with Crippen LogP contribution >= 0.6 is 11.6 Å². The van der Waals surface area contributed by atoms with Crippen molar-refractivity contribution in [3.8, 4) is 28.9 Å². The quantitative estimate of drug-likeness (QED) is 0.249. The van der Waals surface area contributed by atoms with Gasteiger partial charge in [0.25, 0.3) is 0 Å². The minimum absolute atomic E-state index is 0. The molecule has 0 amide bonds. The Morgan fingerprint density at radius 3 is 2.08 bits per heavy atom. The zero-order valence-electron chi connectivity index (χ0n) is 21.0. The van der Waals surface area contributed by atoms with E-state index in [2.05, 4.69) is 24.7 Å². The fourth-order valence-corrected chi connectivity index (χ4v) is 4.32. The molecule has 9 nitrogen and oxygen atoms in total. The molecule has 2 heterocycles. The second-order valence-corrected chi connectivity index (χ2v) is 10.6. The number of halogens is 1. The molecule has 186 valence electrons. The van der Waals surface area contributed by atoms with E-state index in [-0.39, 0.29) is 95.8 Å². The van der Waals surface area contributed by atoms with Crippen LogP contribution in [0.4, 0.5) is 5.82 Å². The van der Waals surface area contributed by atoms with Crippen molar-refractivity contribution < 1.29 is 69.3 Å². The van der Waals surface area contributed by atoms with Crippen molar-refractivity contribution in [2.24, 2.45) is 0 Å². The largest absolute Gasteiger partial charge is 1.00 e. The first-order chi connectivity index (χ1) is 17.1. The maximum Gasteiger partial charge on any atom is 1.00 e. The molecule has 0 aliphatic carbocycles. The predicted molar refractivity (Wildman–Crippen MR) is 136 cm³/mol. The van der Waals surface area contributed by atoms with Crippen molar-refractivity contribution >= 4 is 27.4 Å². The van der Waals surface area contributed by atoms with Crippen LogP contribution in [0.5, 0.6) is 17.2 Å². The van der Waals surface area contributed by atoms with Gasteiger partial charge >= 0.3 is 51.4 Å². The molecule has 0 bridgehead atoms. The van der Waals surface area contributed by atoms with Gasteiger partial charge in [-0.25, -0.2) is 23.4 Å². The van der Waals surface area contributed by atoms with Crippen LogP contribution in [0.1, 0.15) is 26.3 Å². The van der Waals surface area contributed by atoms with E-state index in [0.29, 0.717) is 5.75 Å². The summed E-state index contributed by atoms with van der Waals surface area (Å²) in [5.41, 5.74) is 0.843. The Labute approximate surface area is 263 Å². The number of hydrogen-bond acceptors (Lipinski definition) is 8. The molecular formula is C25H23ClKN5O4S. The predicted octanol–water partition coefficient (Wildman–Crippen LogP) is 3.08. The SMILES string of the molecule is COc1ccccc1Oc1c(Cl)nc(-c2ncccn2)nc1[N-]S(=O)(=O)c1ccc(C(C)(C)C)cc1.[K+]. The minimum atomic E-state index is -4.20. The Kier molecular flexibility index (Phi) is 9.67. The summed E-state index contributed by atoms with van der Waals surface area (Å²) in [6.07, 6.45) is 3.01. The molecule has 12 heteroatoms. The van der Waals surface area contributed by atoms with Crippen LogP contribution in [0.15, 0.2) is 71.9 Å². The van der Waals surface area contributed by atoms with E-state index in [0.717, 1.165) is 5.56 Å². The topological polar surface area (TPSA) is 118 Å². The number of ether oxygens (including phenoxy) is 2. The van der Waals surface area contributed by atoms with E-state index in [1.165, 1.54) is 31.6 Å².